The van der Waals surface area contributed by atoms with Gasteiger partial charge in [0.05, 0.1) is 0 Å². The van der Waals surface area contributed by atoms with Crippen LogP contribution >= 0.6 is 0 Å². The minimum Gasteiger partial charge on any atom is -0.396 e. The summed E-state index contributed by atoms with van der Waals surface area (Å²) in [5, 5.41) is 12.4. The van der Waals surface area contributed by atoms with Crippen molar-refractivity contribution in [1.82, 2.24) is 5.32 Å². The monoisotopic (exact) mass is 199 g/mol. The smallest absolute Gasteiger partial charge is 0.0431 e. The molecule has 0 spiro atoms. The Bertz CT molecular complexity index is 149. The summed E-state index contributed by atoms with van der Waals surface area (Å²) >= 11 is 0. The van der Waals surface area contributed by atoms with Gasteiger partial charge in [-0.1, -0.05) is 19.8 Å². The zero-order chi connectivity index (χ0) is 10.4. The molecule has 1 fully saturated rings. The fourth-order valence-electron chi connectivity index (χ4n) is 2.41. The second-order valence-electron chi connectivity index (χ2n) is 4.80. The van der Waals surface area contributed by atoms with Crippen molar-refractivity contribution in [1.29, 1.82) is 0 Å². The van der Waals surface area contributed by atoms with E-state index in [1.165, 1.54) is 25.7 Å². The molecule has 2 N–H and O–H groups in total. The summed E-state index contributed by atoms with van der Waals surface area (Å²) in [4.78, 5) is 0. The summed E-state index contributed by atoms with van der Waals surface area (Å²) in [5.74, 6) is 0.834. The summed E-state index contributed by atoms with van der Waals surface area (Å²) in [6.07, 6.45) is 7.53. The molecule has 0 aliphatic heterocycles. The Morgan fingerprint density at radius 3 is 2.71 bits per heavy atom. The highest BCUT2D eigenvalue weighted by atomic mass is 16.2. The summed E-state index contributed by atoms with van der Waals surface area (Å²) in [6, 6.07) is 1.28. The van der Waals surface area contributed by atoms with Crippen molar-refractivity contribution in [3.8, 4) is 0 Å². The van der Waals surface area contributed by atoms with E-state index in [2.05, 4.69) is 19.2 Å². The van der Waals surface area contributed by atoms with E-state index in [9.17, 15) is 0 Å². The predicted octanol–water partition coefficient (Wildman–Crippen LogP) is 2.32. The van der Waals surface area contributed by atoms with Crippen molar-refractivity contribution in [3.05, 3.63) is 0 Å². The lowest BCUT2D eigenvalue weighted by atomic mass is 9.85. The van der Waals surface area contributed by atoms with Crippen LogP contribution in [0.25, 0.3) is 0 Å². The maximum absolute atomic E-state index is 8.75. The van der Waals surface area contributed by atoms with Crippen molar-refractivity contribution in [3.63, 3.8) is 0 Å². The third-order valence-corrected chi connectivity index (χ3v) is 3.41. The summed E-state index contributed by atoms with van der Waals surface area (Å²) in [7, 11) is 0. The first-order valence-electron chi connectivity index (χ1n) is 6.11. The molecule has 0 heterocycles. The number of aliphatic hydroxyl groups excluding tert-OH is 1. The Hall–Kier alpha value is -0.0800. The predicted molar refractivity (Wildman–Crippen MR) is 60.3 cm³/mol. The molecule has 84 valence electrons. The zero-order valence-electron chi connectivity index (χ0n) is 9.63. The van der Waals surface area contributed by atoms with Crippen molar-refractivity contribution >= 4 is 0 Å². The molecule has 14 heavy (non-hydrogen) atoms. The summed E-state index contributed by atoms with van der Waals surface area (Å²) in [6.45, 7) is 4.92. The maximum Gasteiger partial charge on any atom is 0.0431 e. The average molecular weight is 199 g/mol. The van der Waals surface area contributed by atoms with Gasteiger partial charge in [-0.25, -0.2) is 0 Å². The molecular formula is C12H25NO. The van der Waals surface area contributed by atoms with Gasteiger partial charge in [-0.15, -0.1) is 0 Å². The quantitative estimate of drug-likeness (QED) is 0.712. The normalized spacial score (nSPS) is 30.2. The molecule has 0 aromatic carbocycles. The second kappa shape index (κ2) is 6.41. The Kier molecular flexibility index (Phi) is 5.49. The molecular weight excluding hydrogens is 174 g/mol. The van der Waals surface area contributed by atoms with E-state index in [1.54, 1.807) is 0 Å². The molecule has 3 unspecified atom stereocenters. The standard InChI is InChI=1S/C12H25NO/c1-10-6-3-4-8-12(10)13-11(2)7-5-9-14/h10-14H,3-9H2,1-2H3. The average Bonchev–Trinajstić information content (AvgIpc) is 2.18. The van der Waals surface area contributed by atoms with E-state index in [0.29, 0.717) is 12.6 Å². The highest BCUT2D eigenvalue weighted by molar-refractivity contribution is 4.80. The van der Waals surface area contributed by atoms with E-state index in [0.717, 1.165) is 24.8 Å². The van der Waals surface area contributed by atoms with Gasteiger partial charge < -0.3 is 10.4 Å². The van der Waals surface area contributed by atoms with Crippen LogP contribution in [-0.4, -0.2) is 23.8 Å². The van der Waals surface area contributed by atoms with Crippen molar-refractivity contribution in [2.75, 3.05) is 6.61 Å². The Balaban J connectivity index is 2.20. The van der Waals surface area contributed by atoms with Crippen LogP contribution in [0.2, 0.25) is 0 Å². The van der Waals surface area contributed by atoms with Gasteiger partial charge >= 0.3 is 0 Å². The van der Waals surface area contributed by atoms with Crippen LogP contribution in [0.5, 0.6) is 0 Å². The molecule has 1 saturated carbocycles. The molecule has 0 aromatic heterocycles. The van der Waals surface area contributed by atoms with Crippen molar-refractivity contribution in [2.45, 2.75) is 64.5 Å². The van der Waals surface area contributed by atoms with Crippen LogP contribution in [0.4, 0.5) is 0 Å². The molecule has 2 nitrogen and oxygen atoms in total. The number of nitrogens with one attached hydrogen (secondary N) is 1. The Morgan fingerprint density at radius 2 is 2.07 bits per heavy atom. The molecule has 1 rings (SSSR count). The van der Waals surface area contributed by atoms with Crippen LogP contribution in [0, 0.1) is 5.92 Å². The second-order valence-corrected chi connectivity index (χ2v) is 4.80. The number of hydrogen-bond donors (Lipinski definition) is 2. The molecule has 1 aliphatic rings. The van der Waals surface area contributed by atoms with Gasteiger partial charge in [-0.3, -0.25) is 0 Å². The largest absolute Gasteiger partial charge is 0.396 e. The molecule has 0 radical (unpaired) electrons. The Morgan fingerprint density at radius 1 is 1.36 bits per heavy atom. The van der Waals surface area contributed by atoms with E-state index < -0.39 is 0 Å². The van der Waals surface area contributed by atoms with Gasteiger partial charge in [0.1, 0.15) is 0 Å². The highest BCUT2D eigenvalue weighted by Crippen LogP contribution is 2.24. The highest BCUT2D eigenvalue weighted by Gasteiger charge is 2.21. The van der Waals surface area contributed by atoms with E-state index in [-0.39, 0.29) is 0 Å². The zero-order valence-corrected chi connectivity index (χ0v) is 9.63. The van der Waals surface area contributed by atoms with Crippen LogP contribution in [0.3, 0.4) is 0 Å². The Labute approximate surface area is 88.1 Å². The molecule has 0 amide bonds. The number of rotatable bonds is 5. The third-order valence-electron chi connectivity index (χ3n) is 3.41. The fourth-order valence-corrected chi connectivity index (χ4v) is 2.41. The van der Waals surface area contributed by atoms with Gasteiger partial charge in [0.2, 0.25) is 0 Å². The lowest BCUT2D eigenvalue weighted by molar-refractivity contribution is 0.241. The van der Waals surface area contributed by atoms with Gasteiger partial charge in [-0.2, -0.15) is 0 Å². The molecule has 2 heteroatoms. The van der Waals surface area contributed by atoms with Crippen LogP contribution in [0.1, 0.15) is 52.4 Å². The maximum atomic E-state index is 8.75. The lowest BCUT2D eigenvalue weighted by Crippen LogP contribution is -2.42. The first-order chi connectivity index (χ1) is 6.74. The molecule has 0 bridgehead atoms. The van der Waals surface area contributed by atoms with Crippen LogP contribution < -0.4 is 5.32 Å². The molecule has 1 aliphatic carbocycles. The minimum atomic E-state index is 0.326. The van der Waals surface area contributed by atoms with Crippen molar-refractivity contribution in [2.24, 2.45) is 5.92 Å². The van der Waals surface area contributed by atoms with Gasteiger partial charge in [0.15, 0.2) is 0 Å². The van der Waals surface area contributed by atoms with Crippen molar-refractivity contribution < 1.29 is 5.11 Å². The summed E-state index contributed by atoms with van der Waals surface area (Å²) in [5.41, 5.74) is 0. The first kappa shape index (κ1) is 12.0. The SMILES string of the molecule is CC(CCCO)NC1CCCCC1C. The molecule has 0 saturated heterocycles. The molecule has 0 aromatic rings. The van der Waals surface area contributed by atoms with Gasteiger partial charge in [0, 0.05) is 18.7 Å². The first-order valence-corrected chi connectivity index (χ1v) is 6.11. The van der Waals surface area contributed by atoms with Crippen LogP contribution in [0.15, 0.2) is 0 Å². The fraction of sp³-hybridized carbons (Fsp3) is 1.00. The van der Waals surface area contributed by atoms with Gasteiger partial charge in [-0.05, 0) is 38.5 Å². The van der Waals surface area contributed by atoms with E-state index >= 15 is 0 Å². The number of aliphatic hydroxyl groups is 1. The lowest BCUT2D eigenvalue weighted by Gasteiger charge is -2.32. The third kappa shape index (κ3) is 3.97. The van der Waals surface area contributed by atoms with Crippen LogP contribution in [-0.2, 0) is 0 Å². The number of hydrogen-bond acceptors (Lipinski definition) is 2. The minimum absolute atomic E-state index is 0.326. The topological polar surface area (TPSA) is 32.3 Å². The van der Waals surface area contributed by atoms with E-state index in [4.69, 9.17) is 5.11 Å². The molecule has 3 atom stereocenters. The van der Waals surface area contributed by atoms with Gasteiger partial charge in [0.25, 0.3) is 0 Å². The summed E-state index contributed by atoms with van der Waals surface area (Å²) < 4.78 is 0. The van der Waals surface area contributed by atoms with E-state index in [1.807, 2.05) is 0 Å².